The molecule has 0 saturated carbocycles. The number of nitrogens with one attached hydrogen (secondary N) is 1. The van der Waals surface area contributed by atoms with Crippen molar-refractivity contribution in [3.8, 4) is 0 Å². The molecule has 39 heavy (non-hydrogen) atoms. The van der Waals surface area contributed by atoms with Crippen LogP contribution in [-0.4, -0.2) is 71.9 Å². The number of pyridine rings is 1. The topological polar surface area (TPSA) is 163 Å². The molecule has 208 valence electrons. The van der Waals surface area contributed by atoms with Gasteiger partial charge in [-0.3, -0.25) is 14.6 Å². The summed E-state index contributed by atoms with van der Waals surface area (Å²) >= 11 is 0. The van der Waals surface area contributed by atoms with Gasteiger partial charge >= 0.3 is 6.09 Å². The van der Waals surface area contributed by atoms with Gasteiger partial charge in [0.2, 0.25) is 15.9 Å². The Labute approximate surface area is 225 Å². The Hall–Kier alpha value is -3.84. The van der Waals surface area contributed by atoms with E-state index in [0.29, 0.717) is 28.7 Å². The van der Waals surface area contributed by atoms with Crippen molar-refractivity contribution in [1.29, 1.82) is 0 Å². The van der Waals surface area contributed by atoms with E-state index in [1.807, 2.05) is 0 Å². The van der Waals surface area contributed by atoms with Gasteiger partial charge in [0, 0.05) is 37.2 Å². The minimum Gasteiger partial charge on any atom is -0.465 e. The van der Waals surface area contributed by atoms with E-state index in [9.17, 15) is 32.3 Å². The molecule has 4 rings (SSSR count). The molecule has 2 aliphatic heterocycles. The molecular formula is C26H30FN5O6S. The van der Waals surface area contributed by atoms with Gasteiger partial charge in [-0.05, 0) is 48.4 Å². The van der Waals surface area contributed by atoms with Crippen molar-refractivity contribution in [2.75, 3.05) is 25.0 Å². The number of halogens is 1. The third kappa shape index (κ3) is 5.78. The average Bonchev–Trinajstić information content (AvgIpc) is 3.38. The van der Waals surface area contributed by atoms with Crippen LogP contribution in [0.1, 0.15) is 42.5 Å². The van der Waals surface area contributed by atoms with E-state index in [2.05, 4.69) is 10.3 Å². The fraction of sp³-hybridized carbons (Fsp3) is 0.385. The maximum absolute atomic E-state index is 14.9. The predicted molar refractivity (Wildman–Crippen MR) is 140 cm³/mol. The Kier molecular flexibility index (Phi) is 7.25. The number of anilines is 1. The monoisotopic (exact) mass is 559 g/mol. The molecule has 3 heterocycles. The zero-order chi connectivity index (χ0) is 28.9. The number of nitrogens with zero attached hydrogens (tertiary/aromatic N) is 3. The number of carbonyl (C=O) groups excluding carboxylic acids is 2. The lowest BCUT2D eigenvalue weighted by molar-refractivity contribution is -0.123. The Morgan fingerprint density at radius 1 is 1.15 bits per heavy atom. The van der Waals surface area contributed by atoms with E-state index in [1.165, 1.54) is 9.80 Å². The fourth-order valence-corrected chi connectivity index (χ4v) is 5.18. The number of primary sulfonamides is 1. The molecular weight excluding hydrogens is 529 g/mol. The molecule has 4 N–H and O–H groups in total. The second-order valence-corrected chi connectivity index (χ2v) is 12.3. The van der Waals surface area contributed by atoms with Crippen LogP contribution < -0.4 is 10.5 Å². The summed E-state index contributed by atoms with van der Waals surface area (Å²) in [6.07, 6.45) is -0.964. The van der Waals surface area contributed by atoms with Crippen LogP contribution in [-0.2, 0) is 21.2 Å². The van der Waals surface area contributed by atoms with Crippen LogP contribution in [0.3, 0.4) is 0 Å². The van der Waals surface area contributed by atoms with Gasteiger partial charge in [0.1, 0.15) is 5.82 Å². The van der Waals surface area contributed by atoms with Crippen LogP contribution in [0.25, 0.3) is 0 Å². The molecule has 1 atom stereocenters. The highest BCUT2D eigenvalue weighted by Gasteiger charge is 2.42. The molecule has 2 aromatic rings. The maximum Gasteiger partial charge on any atom is 0.407 e. The summed E-state index contributed by atoms with van der Waals surface area (Å²) in [5, 5.41) is 17.5. The number of rotatable bonds is 5. The van der Waals surface area contributed by atoms with E-state index < -0.39 is 44.2 Å². The van der Waals surface area contributed by atoms with Crippen molar-refractivity contribution in [3.63, 3.8) is 0 Å². The van der Waals surface area contributed by atoms with Gasteiger partial charge in [-0.2, -0.15) is 0 Å². The van der Waals surface area contributed by atoms with E-state index in [-0.39, 0.29) is 37.5 Å². The summed E-state index contributed by atoms with van der Waals surface area (Å²) < 4.78 is 38.2. The number of amides is 3. The molecule has 0 saturated heterocycles. The van der Waals surface area contributed by atoms with Crippen molar-refractivity contribution >= 4 is 33.6 Å². The predicted octanol–water partition coefficient (Wildman–Crippen LogP) is 2.52. The van der Waals surface area contributed by atoms with Crippen molar-refractivity contribution in [1.82, 2.24) is 14.8 Å². The number of hydrogen-bond acceptors (Lipinski definition) is 6. The van der Waals surface area contributed by atoms with Gasteiger partial charge in [0.25, 0.3) is 5.91 Å². The molecule has 1 unspecified atom stereocenters. The van der Waals surface area contributed by atoms with Crippen molar-refractivity contribution in [2.45, 2.75) is 45.1 Å². The molecule has 1 aromatic heterocycles. The number of sulfonamides is 1. The average molecular weight is 560 g/mol. The number of hydrogen-bond donors (Lipinski definition) is 3. The number of benzene rings is 1. The molecule has 2 aliphatic rings. The van der Waals surface area contributed by atoms with E-state index >= 15 is 0 Å². The summed E-state index contributed by atoms with van der Waals surface area (Å²) in [6.45, 7) is 7.33. The first-order valence-electron chi connectivity index (χ1n) is 12.2. The number of carboxylic acid groups (broad SMARTS) is 1. The Bertz CT molecular complexity index is 1520. The number of aryl methyl sites for hydroxylation is 1. The van der Waals surface area contributed by atoms with Crippen LogP contribution >= 0.6 is 0 Å². The normalized spacial score (nSPS) is 17.4. The first-order valence-corrected chi connectivity index (χ1v) is 13.7. The summed E-state index contributed by atoms with van der Waals surface area (Å²) in [5.74, 6) is -1.97. The lowest BCUT2D eigenvalue weighted by atomic mass is 9.95. The quantitative estimate of drug-likeness (QED) is 0.474. The van der Waals surface area contributed by atoms with Gasteiger partial charge in [-0.15, -0.1) is 0 Å². The summed E-state index contributed by atoms with van der Waals surface area (Å²) in [7, 11) is -4.17. The molecule has 0 radical (unpaired) electrons. The standard InChI is InChI=1S/C26H30FN5O6S/c1-14-5-8-20(30-24(34)26(2,3)4)21(29-14)10-22-18-13-31(25(35)36)11-15(18)12-32(22)23(33)17-7-6-16(9-19(17)27)39(28,37)38/h5-9,22H,10-13H2,1-4H3,(H,30,34)(H,35,36)(H2,28,37,38). The van der Waals surface area contributed by atoms with E-state index in [0.717, 1.165) is 17.7 Å². The summed E-state index contributed by atoms with van der Waals surface area (Å²) in [6, 6.07) is 5.63. The van der Waals surface area contributed by atoms with Gasteiger partial charge in [-0.25, -0.2) is 22.7 Å². The van der Waals surface area contributed by atoms with Crippen LogP contribution in [0.5, 0.6) is 0 Å². The number of aromatic nitrogens is 1. The Morgan fingerprint density at radius 3 is 2.44 bits per heavy atom. The number of carbonyl (C=O) groups is 3. The van der Waals surface area contributed by atoms with Crippen molar-refractivity contribution < 1.29 is 32.3 Å². The first-order chi connectivity index (χ1) is 18.1. The Balaban J connectivity index is 1.71. The zero-order valence-electron chi connectivity index (χ0n) is 22.0. The molecule has 3 amide bonds. The third-order valence-electron chi connectivity index (χ3n) is 6.80. The van der Waals surface area contributed by atoms with Crippen molar-refractivity contribution in [3.05, 3.63) is 64.2 Å². The second kappa shape index (κ2) is 10.0. The SMILES string of the molecule is Cc1ccc(NC(=O)C(C)(C)C)c(CC2C3=C(CN(C(=O)O)C3)CN2C(=O)c2ccc(S(N)(=O)=O)cc2F)n1. The van der Waals surface area contributed by atoms with Crippen LogP contribution in [0.4, 0.5) is 14.9 Å². The summed E-state index contributed by atoms with van der Waals surface area (Å²) in [5.41, 5.74) is 2.03. The first kappa shape index (κ1) is 28.2. The van der Waals surface area contributed by atoms with Crippen LogP contribution in [0.15, 0.2) is 46.4 Å². The van der Waals surface area contributed by atoms with Crippen molar-refractivity contribution in [2.24, 2.45) is 10.6 Å². The number of nitrogens with two attached hydrogens (primary N) is 1. The van der Waals surface area contributed by atoms with E-state index in [4.69, 9.17) is 5.14 Å². The molecule has 0 spiro atoms. The highest BCUT2D eigenvalue weighted by molar-refractivity contribution is 7.89. The van der Waals surface area contributed by atoms with Crippen LogP contribution in [0, 0.1) is 18.2 Å². The maximum atomic E-state index is 14.9. The minimum atomic E-state index is -4.17. The molecule has 0 fully saturated rings. The van der Waals surface area contributed by atoms with Crippen LogP contribution in [0.2, 0.25) is 0 Å². The van der Waals surface area contributed by atoms with Gasteiger partial charge in [0.05, 0.1) is 27.9 Å². The minimum absolute atomic E-state index is 0.0640. The lowest BCUT2D eigenvalue weighted by Crippen LogP contribution is -2.43. The Morgan fingerprint density at radius 2 is 1.85 bits per heavy atom. The lowest BCUT2D eigenvalue weighted by Gasteiger charge is -2.30. The molecule has 0 bridgehead atoms. The fourth-order valence-electron chi connectivity index (χ4n) is 4.66. The smallest absolute Gasteiger partial charge is 0.407 e. The van der Waals surface area contributed by atoms with Gasteiger partial charge < -0.3 is 20.2 Å². The third-order valence-corrected chi connectivity index (χ3v) is 7.71. The van der Waals surface area contributed by atoms with E-state index in [1.54, 1.807) is 39.8 Å². The zero-order valence-corrected chi connectivity index (χ0v) is 22.8. The summed E-state index contributed by atoms with van der Waals surface area (Å²) in [4.78, 5) is 44.8. The molecule has 13 heteroatoms. The molecule has 1 aromatic carbocycles. The molecule has 11 nitrogen and oxygen atoms in total. The largest absolute Gasteiger partial charge is 0.465 e. The highest BCUT2D eigenvalue weighted by Crippen LogP contribution is 2.35. The van der Waals surface area contributed by atoms with Gasteiger partial charge in [0.15, 0.2) is 0 Å². The molecule has 0 aliphatic carbocycles. The second-order valence-electron chi connectivity index (χ2n) is 10.8. The highest BCUT2D eigenvalue weighted by atomic mass is 32.2. The van der Waals surface area contributed by atoms with Gasteiger partial charge in [-0.1, -0.05) is 20.8 Å².